The van der Waals surface area contributed by atoms with Crippen LogP contribution in [0.1, 0.15) is 0 Å². The van der Waals surface area contributed by atoms with Crippen LogP contribution in [-0.2, 0) is 0 Å². The number of aromatic nitrogens is 1. The zero-order chi connectivity index (χ0) is 7.11. The lowest BCUT2D eigenvalue weighted by molar-refractivity contribution is 1.33. The third-order valence-corrected chi connectivity index (χ3v) is 0.852. The molecule has 3 nitrogen and oxygen atoms in total. The van der Waals surface area contributed by atoms with Crippen LogP contribution in [0.5, 0.6) is 0 Å². The van der Waals surface area contributed by atoms with E-state index in [9.17, 15) is 0 Å². The van der Waals surface area contributed by atoms with Crippen molar-refractivity contribution in [2.75, 3.05) is 0 Å². The second kappa shape index (κ2) is 5.18. The molecule has 1 aromatic heterocycles. The third kappa shape index (κ3) is 3.61. The summed E-state index contributed by atoms with van der Waals surface area (Å²) in [5.41, 5.74) is 4.50. The van der Waals surface area contributed by atoms with Crippen LogP contribution in [0.15, 0.2) is 24.4 Å². The van der Waals surface area contributed by atoms with E-state index in [-0.39, 0.29) is 0 Å². The lowest BCUT2D eigenvalue weighted by Gasteiger charge is -1.79. The monoisotopic (exact) mass is 144 g/mol. The number of nitroso groups, excluding NO2 is 1. The molecule has 9 heavy (non-hydrogen) atoms. The van der Waals surface area contributed by atoms with Crippen molar-refractivity contribution < 1.29 is 0 Å². The quantitative estimate of drug-likeness (QED) is 0.448. The predicted molar refractivity (Wildman–Crippen MR) is 35.3 cm³/mol. The maximum absolute atomic E-state index is 7.50. The van der Waals surface area contributed by atoms with E-state index in [0.29, 0.717) is 5.15 Å². The molecule has 0 amide bonds. The Morgan fingerprint density at radius 1 is 1.44 bits per heavy atom. The number of nitrogens with zero attached hydrogens (tertiary/aromatic N) is 1. The van der Waals surface area contributed by atoms with Gasteiger partial charge in [0.1, 0.15) is 5.15 Å². The Balaban J connectivity index is 0.000000291. The van der Waals surface area contributed by atoms with E-state index in [1.807, 2.05) is 12.1 Å². The van der Waals surface area contributed by atoms with Gasteiger partial charge in [0, 0.05) is 6.20 Å². The summed E-state index contributed by atoms with van der Waals surface area (Å²) in [5, 5.41) is 0.544. The Kier molecular flexibility index (Phi) is 4.63. The summed E-state index contributed by atoms with van der Waals surface area (Å²) in [4.78, 5) is 11.2. The molecule has 1 rings (SSSR count). The normalized spacial score (nSPS) is 7.22. The second-order valence-corrected chi connectivity index (χ2v) is 1.54. The average Bonchev–Trinajstić information content (AvgIpc) is 1.94. The summed E-state index contributed by atoms with van der Waals surface area (Å²) in [6.45, 7) is 0. The summed E-state index contributed by atoms with van der Waals surface area (Å²) in [5.74, 6) is 0. The van der Waals surface area contributed by atoms with Crippen LogP contribution in [0, 0.1) is 10.5 Å². The molecule has 1 heterocycles. The molecule has 0 aliphatic carbocycles. The fourth-order valence-corrected chi connectivity index (χ4v) is 0.471. The van der Waals surface area contributed by atoms with Gasteiger partial charge in [0.05, 0.1) is 0 Å². The minimum Gasteiger partial charge on any atom is -0.245 e. The molecule has 0 bridgehead atoms. The molecule has 0 aromatic carbocycles. The van der Waals surface area contributed by atoms with Crippen molar-refractivity contribution in [1.82, 2.24) is 4.98 Å². The number of nitrogens with one attached hydrogen (secondary N) is 1. The molecule has 0 fully saturated rings. The highest BCUT2D eigenvalue weighted by Gasteiger charge is 1.76. The standard InChI is InChI=1S/C5H4ClN.HNO/c6-5-3-1-2-4-7-5;1-2/h1-4H;1H. The molecule has 1 aromatic rings. The van der Waals surface area contributed by atoms with Crippen molar-refractivity contribution in [3.05, 3.63) is 34.5 Å². The summed E-state index contributed by atoms with van der Waals surface area (Å²) in [6, 6.07) is 5.41. The number of hydrogen-bond donors (Lipinski definition) is 1. The maximum Gasteiger partial charge on any atom is 0.129 e. The zero-order valence-corrected chi connectivity index (χ0v) is 5.30. The van der Waals surface area contributed by atoms with Crippen LogP contribution < -0.4 is 0 Å². The van der Waals surface area contributed by atoms with E-state index in [1.165, 1.54) is 0 Å². The Labute approximate surface area is 57.4 Å². The highest BCUT2D eigenvalue weighted by atomic mass is 35.5. The Morgan fingerprint density at radius 3 is 2.33 bits per heavy atom. The van der Waals surface area contributed by atoms with E-state index in [4.69, 9.17) is 16.5 Å². The lowest BCUT2D eigenvalue weighted by Crippen LogP contribution is -1.65. The van der Waals surface area contributed by atoms with Crippen LogP contribution in [0.2, 0.25) is 5.15 Å². The minimum absolute atomic E-state index is 0.544. The first kappa shape index (κ1) is 8.04. The van der Waals surface area contributed by atoms with Gasteiger partial charge in [0.15, 0.2) is 0 Å². The predicted octanol–water partition coefficient (Wildman–Crippen LogP) is 2.07. The first-order valence-corrected chi connectivity index (χ1v) is 2.54. The third-order valence-electron chi connectivity index (χ3n) is 0.629. The van der Waals surface area contributed by atoms with Crippen molar-refractivity contribution in [2.45, 2.75) is 0 Å². The lowest BCUT2D eigenvalue weighted by atomic mass is 10.5. The van der Waals surface area contributed by atoms with E-state index in [0.717, 1.165) is 0 Å². The van der Waals surface area contributed by atoms with Gasteiger partial charge in [-0.3, -0.25) is 0 Å². The van der Waals surface area contributed by atoms with Crippen LogP contribution in [-0.4, -0.2) is 4.98 Å². The van der Waals surface area contributed by atoms with Crippen molar-refractivity contribution in [3.8, 4) is 0 Å². The largest absolute Gasteiger partial charge is 0.245 e. The molecule has 0 atom stereocenters. The first-order chi connectivity index (χ1) is 4.39. The second-order valence-electron chi connectivity index (χ2n) is 1.15. The number of hydrogen-bond acceptors (Lipinski definition) is 3. The summed E-state index contributed by atoms with van der Waals surface area (Å²) < 4.78 is 0. The highest BCUT2D eigenvalue weighted by Crippen LogP contribution is 1.98. The summed E-state index contributed by atoms with van der Waals surface area (Å²) in [7, 11) is 0. The van der Waals surface area contributed by atoms with Gasteiger partial charge in [0.2, 0.25) is 0 Å². The van der Waals surface area contributed by atoms with Gasteiger partial charge >= 0.3 is 0 Å². The van der Waals surface area contributed by atoms with Crippen molar-refractivity contribution in [3.63, 3.8) is 0 Å². The van der Waals surface area contributed by atoms with E-state index >= 15 is 0 Å². The van der Waals surface area contributed by atoms with Gasteiger partial charge in [-0.15, -0.1) is 0 Å². The molecule has 0 saturated heterocycles. The highest BCUT2D eigenvalue weighted by molar-refractivity contribution is 6.29. The molecule has 48 valence electrons. The molecule has 0 spiro atoms. The molecule has 1 N–H and O–H groups in total. The van der Waals surface area contributed by atoms with Gasteiger partial charge < -0.3 is 0 Å². The van der Waals surface area contributed by atoms with Crippen LogP contribution in [0.3, 0.4) is 0 Å². The Morgan fingerprint density at radius 2 is 2.11 bits per heavy atom. The topological polar surface area (TPSA) is 53.8 Å². The van der Waals surface area contributed by atoms with E-state index in [1.54, 1.807) is 12.3 Å². The van der Waals surface area contributed by atoms with Crippen molar-refractivity contribution in [1.29, 1.82) is 5.59 Å². The number of pyridine rings is 1. The van der Waals surface area contributed by atoms with E-state index < -0.39 is 0 Å². The average molecular weight is 145 g/mol. The fraction of sp³-hybridized carbons (Fsp3) is 0. The fourth-order valence-electron chi connectivity index (χ4n) is 0.342. The van der Waals surface area contributed by atoms with Crippen LogP contribution in [0.4, 0.5) is 0 Å². The minimum atomic E-state index is 0.544. The first-order valence-electron chi connectivity index (χ1n) is 2.16. The number of rotatable bonds is 0. The molecule has 0 aliphatic rings. The SMILES string of the molecule is Clc1ccccn1.N=O. The maximum atomic E-state index is 7.50. The van der Waals surface area contributed by atoms with Gasteiger partial charge in [-0.25, -0.2) is 4.98 Å². The zero-order valence-electron chi connectivity index (χ0n) is 4.54. The molecular weight excluding hydrogens is 140 g/mol. The Bertz CT molecular complexity index is 156. The van der Waals surface area contributed by atoms with Crippen molar-refractivity contribution in [2.24, 2.45) is 0 Å². The molecule has 0 unspecified atom stereocenters. The molecule has 4 heteroatoms. The molecule has 0 saturated carbocycles. The molecular formula is C5H5ClN2O. The summed E-state index contributed by atoms with van der Waals surface area (Å²) >= 11 is 5.43. The van der Waals surface area contributed by atoms with Crippen molar-refractivity contribution >= 4 is 11.6 Å². The van der Waals surface area contributed by atoms with Gasteiger partial charge in [0.25, 0.3) is 0 Å². The number of halogens is 1. The van der Waals surface area contributed by atoms with Gasteiger partial charge in [-0.05, 0) is 12.1 Å². The van der Waals surface area contributed by atoms with Crippen LogP contribution in [0.25, 0.3) is 0 Å². The van der Waals surface area contributed by atoms with Gasteiger partial charge in [-0.2, -0.15) is 4.91 Å². The van der Waals surface area contributed by atoms with Gasteiger partial charge in [-0.1, -0.05) is 23.3 Å². The van der Waals surface area contributed by atoms with Crippen LogP contribution >= 0.6 is 11.6 Å². The van der Waals surface area contributed by atoms with E-state index in [2.05, 4.69) is 10.6 Å². The molecule has 0 aliphatic heterocycles. The molecule has 0 radical (unpaired) electrons. The smallest absolute Gasteiger partial charge is 0.129 e. The Hall–Kier alpha value is -0.960. The summed E-state index contributed by atoms with van der Waals surface area (Å²) in [6.07, 6.45) is 1.66.